The van der Waals surface area contributed by atoms with Crippen molar-refractivity contribution in [3.05, 3.63) is 246 Å². The van der Waals surface area contributed by atoms with E-state index in [-0.39, 0.29) is 10.8 Å². The highest BCUT2D eigenvalue weighted by molar-refractivity contribution is 6.25. The molecule has 10 aromatic carbocycles. The Labute approximate surface area is 345 Å². The average Bonchev–Trinajstić information content (AvgIpc) is 3.72. The molecule has 0 heterocycles. The van der Waals surface area contributed by atoms with E-state index in [0.717, 1.165) is 17.1 Å². The first-order chi connectivity index (χ1) is 29.0. The van der Waals surface area contributed by atoms with Crippen molar-refractivity contribution in [2.24, 2.45) is 0 Å². The molecule has 2 aliphatic rings. The first kappa shape index (κ1) is 33.9. The highest BCUT2D eigenvalue weighted by Crippen LogP contribution is 2.56. The van der Waals surface area contributed by atoms with Crippen LogP contribution in [0.5, 0.6) is 0 Å². The topological polar surface area (TPSA) is 3.24 Å². The van der Waals surface area contributed by atoms with Crippen LogP contribution in [0.2, 0.25) is 0 Å². The fourth-order valence-electron chi connectivity index (χ4n) is 10.9. The van der Waals surface area contributed by atoms with Crippen molar-refractivity contribution in [1.29, 1.82) is 0 Å². The molecular formula is C58H41N. The predicted octanol–water partition coefficient (Wildman–Crippen LogP) is 15.3. The van der Waals surface area contributed by atoms with Crippen LogP contribution >= 0.6 is 0 Å². The summed E-state index contributed by atoms with van der Waals surface area (Å²) in [6.07, 6.45) is 0. The van der Waals surface area contributed by atoms with Gasteiger partial charge in [-0.1, -0.05) is 176 Å². The van der Waals surface area contributed by atoms with Gasteiger partial charge in [0.05, 0.1) is 0 Å². The maximum absolute atomic E-state index is 2.49. The second-order valence-electron chi connectivity index (χ2n) is 16.7. The first-order valence-electron chi connectivity index (χ1n) is 20.8. The van der Waals surface area contributed by atoms with E-state index >= 15 is 0 Å². The molecule has 12 rings (SSSR count). The third kappa shape index (κ3) is 4.73. The number of anilines is 3. The van der Waals surface area contributed by atoms with E-state index in [4.69, 9.17) is 0 Å². The lowest BCUT2D eigenvalue weighted by atomic mass is 9.74. The number of rotatable bonds is 5. The van der Waals surface area contributed by atoms with Crippen LogP contribution in [0.3, 0.4) is 0 Å². The Morgan fingerprint density at radius 2 is 0.610 bits per heavy atom. The summed E-state index contributed by atoms with van der Waals surface area (Å²) in [6.45, 7) is 4.79. The van der Waals surface area contributed by atoms with Gasteiger partial charge in [0.15, 0.2) is 0 Å². The Morgan fingerprint density at radius 1 is 0.271 bits per heavy atom. The lowest BCUT2D eigenvalue weighted by Crippen LogP contribution is -2.22. The van der Waals surface area contributed by atoms with Gasteiger partial charge in [-0.05, 0) is 138 Å². The van der Waals surface area contributed by atoms with E-state index in [1.165, 1.54) is 88.0 Å². The Hall–Kier alpha value is -7.22. The molecule has 1 heteroatoms. The van der Waals surface area contributed by atoms with Crippen LogP contribution in [0.15, 0.2) is 212 Å². The Kier molecular flexibility index (Phi) is 7.26. The van der Waals surface area contributed by atoms with Gasteiger partial charge >= 0.3 is 0 Å². The van der Waals surface area contributed by atoms with Gasteiger partial charge in [-0.3, -0.25) is 0 Å². The molecule has 0 radical (unpaired) electrons. The fraction of sp³-hybridized carbons (Fsp3) is 0.0690. The zero-order chi connectivity index (χ0) is 39.3. The van der Waals surface area contributed by atoms with Gasteiger partial charge in [-0.25, -0.2) is 0 Å². The number of hydrogen-bond acceptors (Lipinski definition) is 1. The van der Waals surface area contributed by atoms with Crippen LogP contribution in [0.1, 0.15) is 47.2 Å². The summed E-state index contributed by atoms with van der Waals surface area (Å²) in [7, 11) is 0. The molecule has 0 N–H and O–H groups in total. The minimum absolute atomic E-state index is 0.265. The van der Waals surface area contributed by atoms with Crippen molar-refractivity contribution in [2.45, 2.75) is 24.7 Å². The molecule has 278 valence electrons. The largest absolute Gasteiger partial charge is 0.310 e. The second kappa shape index (κ2) is 12.6. The van der Waals surface area contributed by atoms with Crippen LogP contribution in [0, 0.1) is 0 Å². The summed E-state index contributed by atoms with van der Waals surface area (Å²) >= 11 is 0. The van der Waals surface area contributed by atoms with Gasteiger partial charge in [-0.2, -0.15) is 0 Å². The minimum Gasteiger partial charge on any atom is -0.310 e. The fourth-order valence-corrected chi connectivity index (χ4v) is 10.9. The maximum atomic E-state index is 2.49. The van der Waals surface area contributed by atoms with Gasteiger partial charge in [-0.15, -0.1) is 0 Å². The quantitative estimate of drug-likeness (QED) is 0.158. The molecule has 0 spiro atoms. The molecule has 1 nitrogen and oxygen atoms in total. The molecule has 0 bridgehead atoms. The number of hydrogen-bond donors (Lipinski definition) is 0. The summed E-state index contributed by atoms with van der Waals surface area (Å²) in [5.74, 6) is 0. The van der Waals surface area contributed by atoms with Gasteiger partial charge in [0.2, 0.25) is 0 Å². The van der Waals surface area contributed by atoms with Crippen molar-refractivity contribution in [1.82, 2.24) is 0 Å². The third-order valence-corrected chi connectivity index (χ3v) is 13.8. The van der Waals surface area contributed by atoms with Crippen molar-refractivity contribution in [3.63, 3.8) is 0 Å². The molecule has 10 aromatic rings. The van der Waals surface area contributed by atoms with Crippen LogP contribution in [0.25, 0.3) is 54.6 Å². The van der Waals surface area contributed by atoms with E-state index in [1.54, 1.807) is 0 Å². The smallest absolute Gasteiger partial charge is 0.0468 e. The molecule has 0 amide bonds. The molecule has 2 unspecified atom stereocenters. The average molecular weight is 752 g/mol. The highest BCUT2D eigenvalue weighted by atomic mass is 15.1. The maximum Gasteiger partial charge on any atom is 0.0468 e. The predicted molar refractivity (Wildman–Crippen MR) is 249 cm³/mol. The summed E-state index contributed by atoms with van der Waals surface area (Å²) in [4.78, 5) is 2.49. The van der Waals surface area contributed by atoms with Crippen molar-refractivity contribution in [2.75, 3.05) is 4.90 Å². The van der Waals surface area contributed by atoms with Gasteiger partial charge < -0.3 is 4.90 Å². The summed E-state index contributed by atoms with van der Waals surface area (Å²) in [5.41, 5.74) is 16.0. The minimum atomic E-state index is -0.265. The molecule has 0 fully saturated rings. The van der Waals surface area contributed by atoms with Crippen molar-refractivity contribution in [3.8, 4) is 22.3 Å². The third-order valence-electron chi connectivity index (χ3n) is 13.8. The van der Waals surface area contributed by atoms with Gasteiger partial charge in [0.25, 0.3) is 0 Å². The van der Waals surface area contributed by atoms with Crippen LogP contribution in [-0.4, -0.2) is 0 Å². The SMILES string of the molecule is CC1(c2ccccc2)c2ccccc2-c2cc(N(c3ccc4c(c3)-c3ccccc3C4(C)c3ccccc3)c3ccc4c5ccccc5c5ccccc5c4c3)ccc21. The zero-order valence-corrected chi connectivity index (χ0v) is 33.2. The number of benzene rings is 10. The molecule has 0 aliphatic heterocycles. The summed E-state index contributed by atoms with van der Waals surface area (Å²) in [6, 6.07) is 79.2. The lowest BCUT2D eigenvalue weighted by Gasteiger charge is -2.31. The second-order valence-corrected chi connectivity index (χ2v) is 16.7. The van der Waals surface area contributed by atoms with Crippen LogP contribution in [-0.2, 0) is 10.8 Å². The van der Waals surface area contributed by atoms with Crippen molar-refractivity contribution < 1.29 is 0 Å². The molecule has 2 atom stereocenters. The van der Waals surface area contributed by atoms with E-state index in [0.29, 0.717) is 0 Å². The Morgan fingerprint density at radius 3 is 1.08 bits per heavy atom. The normalized spacial score (nSPS) is 17.5. The number of nitrogens with zero attached hydrogens (tertiary/aromatic N) is 1. The Bertz CT molecular complexity index is 3130. The first-order valence-corrected chi connectivity index (χ1v) is 20.8. The molecule has 2 aliphatic carbocycles. The monoisotopic (exact) mass is 751 g/mol. The molecule has 0 aromatic heterocycles. The number of fused-ring (bicyclic) bond motifs is 12. The molecule has 0 saturated carbocycles. The van der Waals surface area contributed by atoms with Crippen LogP contribution in [0.4, 0.5) is 17.1 Å². The van der Waals surface area contributed by atoms with E-state index in [1.807, 2.05) is 0 Å². The summed E-state index contributed by atoms with van der Waals surface area (Å²) < 4.78 is 0. The van der Waals surface area contributed by atoms with Crippen LogP contribution < -0.4 is 4.90 Å². The van der Waals surface area contributed by atoms with E-state index in [2.05, 4.69) is 231 Å². The van der Waals surface area contributed by atoms with Gasteiger partial charge in [0, 0.05) is 27.9 Å². The lowest BCUT2D eigenvalue weighted by molar-refractivity contribution is 0.714. The zero-order valence-electron chi connectivity index (χ0n) is 33.2. The van der Waals surface area contributed by atoms with E-state index < -0.39 is 0 Å². The standard InChI is InChI=1S/C58H41N/c1-57(38-17-5-3-6-18-38)53-27-15-13-25-48(53)51-36-41(30-33-55(51)57)59(40-29-32-47-45-23-10-9-21-43(45)44-22-11-12-24-46(44)50(47)35-40)42-31-34-56-52(37-42)49-26-14-16-28-54(49)58(56,2)39-19-7-4-8-20-39/h3-37H,1-2H3. The highest BCUT2D eigenvalue weighted by Gasteiger charge is 2.42. The van der Waals surface area contributed by atoms with Gasteiger partial charge in [0.1, 0.15) is 0 Å². The Balaban J connectivity index is 1.12. The molecule has 59 heavy (non-hydrogen) atoms. The van der Waals surface area contributed by atoms with Crippen molar-refractivity contribution >= 4 is 49.4 Å². The summed E-state index contributed by atoms with van der Waals surface area (Å²) in [5, 5.41) is 7.65. The molecule has 0 saturated heterocycles. The van der Waals surface area contributed by atoms with E-state index in [9.17, 15) is 0 Å². The molecular weight excluding hydrogens is 711 g/mol.